The second kappa shape index (κ2) is 8.97. The highest BCUT2D eigenvalue weighted by Crippen LogP contribution is 2.18. The zero-order valence-electron chi connectivity index (χ0n) is 10.8. The fraction of sp³-hybridized carbons (Fsp3) is 1.00. The summed E-state index contributed by atoms with van der Waals surface area (Å²) in [5.74, 6) is 0. The van der Waals surface area contributed by atoms with Gasteiger partial charge < -0.3 is 14.8 Å². The van der Waals surface area contributed by atoms with Crippen molar-refractivity contribution in [3.63, 3.8) is 0 Å². The Morgan fingerprint density at radius 1 is 1.12 bits per heavy atom. The van der Waals surface area contributed by atoms with Crippen molar-refractivity contribution in [2.75, 3.05) is 26.4 Å². The second-order valence-corrected chi connectivity index (χ2v) is 4.58. The third-order valence-electron chi connectivity index (χ3n) is 2.75. The minimum absolute atomic E-state index is 0.371. The first-order valence-electron chi connectivity index (χ1n) is 6.79. The van der Waals surface area contributed by atoms with Crippen LogP contribution >= 0.6 is 0 Å². The van der Waals surface area contributed by atoms with Crippen molar-refractivity contribution in [2.24, 2.45) is 0 Å². The van der Waals surface area contributed by atoms with Crippen molar-refractivity contribution in [2.45, 2.75) is 58.1 Å². The predicted octanol–water partition coefficient (Wildman–Crippen LogP) is 2.35. The maximum atomic E-state index is 5.82. The molecule has 1 rings (SSSR count). The van der Waals surface area contributed by atoms with E-state index in [9.17, 15) is 0 Å². The lowest BCUT2D eigenvalue weighted by molar-refractivity contribution is 0.00163. The topological polar surface area (TPSA) is 30.5 Å². The van der Waals surface area contributed by atoms with Crippen LogP contribution < -0.4 is 5.32 Å². The molecule has 0 aromatic rings. The molecule has 3 nitrogen and oxygen atoms in total. The zero-order valence-corrected chi connectivity index (χ0v) is 10.8. The SMILES string of the molecule is CCCOCCOC(CCC)CNC1CC1. The molecule has 1 unspecified atom stereocenters. The van der Waals surface area contributed by atoms with Crippen LogP contribution in [-0.2, 0) is 9.47 Å². The number of nitrogens with one attached hydrogen (secondary N) is 1. The molecule has 0 amide bonds. The van der Waals surface area contributed by atoms with Gasteiger partial charge in [-0.05, 0) is 25.7 Å². The molecule has 0 aromatic heterocycles. The summed E-state index contributed by atoms with van der Waals surface area (Å²) in [7, 11) is 0. The van der Waals surface area contributed by atoms with Crippen LogP contribution in [0, 0.1) is 0 Å². The maximum absolute atomic E-state index is 5.82. The van der Waals surface area contributed by atoms with E-state index in [2.05, 4.69) is 19.2 Å². The Morgan fingerprint density at radius 3 is 2.56 bits per heavy atom. The summed E-state index contributed by atoms with van der Waals surface area (Å²) in [5, 5.41) is 3.53. The predicted molar refractivity (Wildman–Crippen MR) is 66.8 cm³/mol. The van der Waals surface area contributed by atoms with Crippen molar-refractivity contribution in [1.82, 2.24) is 5.32 Å². The van der Waals surface area contributed by atoms with Crippen LogP contribution in [0.15, 0.2) is 0 Å². The number of hydrogen-bond donors (Lipinski definition) is 1. The summed E-state index contributed by atoms with van der Waals surface area (Å²) in [4.78, 5) is 0. The maximum Gasteiger partial charge on any atom is 0.0704 e. The summed E-state index contributed by atoms with van der Waals surface area (Å²) in [6.07, 6.45) is 6.48. The van der Waals surface area contributed by atoms with E-state index < -0.39 is 0 Å². The largest absolute Gasteiger partial charge is 0.379 e. The van der Waals surface area contributed by atoms with E-state index in [-0.39, 0.29) is 0 Å². The molecule has 0 radical (unpaired) electrons. The molecule has 1 saturated carbocycles. The summed E-state index contributed by atoms with van der Waals surface area (Å²) in [6.45, 7) is 7.66. The first-order valence-corrected chi connectivity index (χ1v) is 6.79. The first-order chi connectivity index (χ1) is 7.86. The van der Waals surface area contributed by atoms with Gasteiger partial charge in [-0.15, -0.1) is 0 Å². The Morgan fingerprint density at radius 2 is 1.94 bits per heavy atom. The van der Waals surface area contributed by atoms with Gasteiger partial charge >= 0.3 is 0 Å². The number of hydrogen-bond acceptors (Lipinski definition) is 3. The highest BCUT2D eigenvalue weighted by atomic mass is 16.5. The Bertz CT molecular complexity index is 160. The monoisotopic (exact) mass is 229 g/mol. The molecule has 1 aliphatic rings. The van der Waals surface area contributed by atoms with Crippen molar-refractivity contribution < 1.29 is 9.47 Å². The molecule has 0 aliphatic heterocycles. The molecule has 0 spiro atoms. The average molecular weight is 229 g/mol. The zero-order chi connectivity index (χ0) is 11.6. The Hall–Kier alpha value is -0.120. The van der Waals surface area contributed by atoms with E-state index in [0.717, 1.165) is 45.2 Å². The van der Waals surface area contributed by atoms with Crippen molar-refractivity contribution in [3.8, 4) is 0 Å². The fourth-order valence-electron chi connectivity index (χ4n) is 1.67. The van der Waals surface area contributed by atoms with Gasteiger partial charge in [0.25, 0.3) is 0 Å². The lowest BCUT2D eigenvalue weighted by atomic mass is 10.2. The van der Waals surface area contributed by atoms with Gasteiger partial charge in [-0.2, -0.15) is 0 Å². The molecule has 1 aliphatic carbocycles. The summed E-state index contributed by atoms with van der Waals surface area (Å²) < 4.78 is 11.2. The summed E-state index contributed by atoms with van der Waals surface area (Å²) in [5.41, 5.74) is 0. The molecule has 1 N–H and O–H groups in total. The molecule has 0 heterocycles. The first kappa shape index (κ1) is 13.9. The summed E-state index contributed by atoms with van der Waals surface area (Å²) in [6, 6.07) is 0.777. The molecule has 0 aromatic carbocycles. The van der Waals surface area contributed by atoms with Crippen LogP contribution in [0.5, 0.6) is 0 Å². The summed E-state index contributed by atoms with van der Waals surface area (Å²) >= 11 is 0. The van der Waals surface area contributed by atoms with Crippen LogP contribution in [0.3, 0.4) is 0 Å². The molecule has 0 saturated heterocycles. The van der Waals surface area contributed by atoms with E-state index in [1.54, 1.807) is 0 Å². The molecule has 3 heteroatoms. The van der Waals surface area contributed by atoms with Crippen LogP contribution in [0.1, 0.15) is 46.0 Å². The molecule has 0 bridgehead atoms. The van der Waals surface area contributed by atoms with Gasteiger partial charge in [0.15, 0.2) is 0 Å². The number of rotatable bonds is 11. The standard InChI is InChI=1S/C13H27NO2/c1-3-5-13(11-14-12-6-7-12)16-10-9-15-8-4-2/h12-14H,3-11H2,1-2H3. The molecule has 1 atom stereocenters. The lowest BCUT2D eigenvalue weighted by Crippen LogP contribution is -2.31. The van der Waals surface area contributed by atoms with Crippen molar-refractivity contribution >= 4 is 0 Å². The van der Waals surface area contributed by atoms with E-state index in [1.807, 2.05) is 0 Å². The lowest BCUT2D eigenvalue weighted by Gasteiger charge is -2.17. The molecular weight excluding hydrogens is 202 g/mol. The van der Waals surface area contributed by atoms with E-state index in [4.69, 9.17) is 9.47 Å². The van der Waals surface area contributed by atoms with Crippen LogP contribution in [-0.4, -0.2) is 38.5 Å². The molecule has 16 heavy (non-hydrogen) atoms. The highest BCUT2D eigenvalue weighted by Gasteiger charge is 2.21. The van der Waals surface area contributed by atoms with Gasteiger partial charge in [-0.3, -0.25) is 0 Å². The minimum atomic E-state index is 0.371. The Kier molecular flexibility index (Phi) is 7.81. The van der Waals surface area contributed by atoms with E-state index in [0.29, 0.717) is 6.10 Å². The third kappa shape index (κ3) is 7.20. The Labute approximate surface area is 99.9 Å². The smallest absolute Gasteiger partial charge is 0.0704 e. The molecular formula is C13H27NO2. The Balaban J connectivity index is 1.97. The van der Waals surface area contributed by atoms with Crippen LogP contribution in [0.4, 0.5) is 0 Å². The normalized spacial score (nSPS) is 17.6. The highest BCUT2D eigenvalue weighted by molar-refractivity contribution is 4.82. The van der Waals surface area contributed by atoms with Crippen LogP contribution in [0.25, 0.3) is 0 Å². The second-order valence-electron chi connectivity index (χ2n) is 4.58. The van der Waals surface area contributed by atoms with Gasteiger partial charge in [0.1, 0.15) is 0 Å². The molecule has 96 valence electrons. The van der Waals surface area contributed by atoms with E-state index >= 15 is 0 Å². The fourth-order valence-corrected chi connectivity index (χ4v) is 1.67. The molecule has 1 fully saturated rings. The van der Waals surface area contributed by atoms with Gasteiger partial charge in [0, 0.05) is 19.2 Å². The van der Waals surface area contributed by atoms with Gasteiger partial charge in [-0.25, -0.2) is 0 Å². The average Bonchev–Trinajstić information content (AvgIpc) is 3.09. The minimum Gasteiger partial charge on any atom is -0.379 e. The van der Waals surface area contributed by atoms with Gasteiger partial charge in [0.2, 0.25) is 0 Å². The van der Waals surface area contributed by atoms with Crippen LogP contribution in [0.2, 0.25) is 0 Å². The van der Waals surface area contributed by atoms with Crippen molar-refractivity contribution in [3.05, 3.63) is 0 Å². The van der Waals surface area contributed by atoms with Crippen molar-refractivity contribution in [1.29, 1.82) is 0 Å². The number of ether oxygens (including phenoxy) is 2. The van der Waals surface area contributed by atoms with E-state index in [1.165, 1.54) is 19.3 Å². The van der Waals surface area contributed by atoms with Gasteiger partial charge in [0.05, 0.1) is 19.3 Å². The quantitative estimate of drug-likeness (QED) is 0.552. The third-order valence-corrected chi connectivity index (χ3v) is 2.75. The van der Waals surface area contributed by atoms with Gasteiger partial charge in [-0.1, -0.05) is 20.3 Å².